The van der Waals surface area contributed by atoms with Gasteiger partial charge in [-0.2, -0.15) is 0 Å². The van der Waals surface area contributed by atoms with Gasteiger partial charge in [-0.1, -0.05) is 0 Å². The summed E-state index contributed by atoms with van der Waals surface area (Å²) in [5, 5.41) is 10.8. The monoisotopic (exact) mass is 314 g/mol. The Kier molecular flexibility index (Phi) is 4.05. The molecule has 0 amide bonds. The highest BCUT2D eigenvalue weighted by Gasteiger charge is 2.21. The van der Waals surface area contributed by atoms with E-state index in [2.05, 4.69) is 24.8 Å². The zero-order chi connectivity index (χ0) is 16.4. The van der Waals surface area contributed by atoms with Gasteiger partial charge in [0.15, 0.2) is 0 Å². The van der Waals surface area contributed by atoms with Crippen LogP contribution in [0.4, 0.5) is 17.3 Å². The molecule has 3 rings (SSSR count). The molecule has 2 aromatic rings. The van der Waals surface area contributed by atoms with Crippen molar-refractivity contribution < 1.29 is 4.92 Å². The second-order valence-corrected chi connectivity index (χ2v) is 5.53. The molecule has 120 valence electrons. The minimum atomic E-state index is -0.418. The van der Waals surface area contributed by atoms with E-state index in [-0.39, 0.29) is 5.69 Å². The van der Waals surface area contributed by atoms with E-state index in [1.807, 2.05) is 19.9 Å². The Hall–Kier alpha value is -2.77. The first-order chi connectivity index (χ1) is 11.0. The lowest BCUT2D eigenvalue weighted by molar-refractivity contribution is -0.385. The fraction of sp³-hybridized carbons (Fsp3) is 0.400. The van der Waals surface area contributed by atoms with Gasteiger partial charge in [-0.15, -0.1) is 0 Å². The van der Waals surface area contributed by atoms with Crippen molar-refractivity contribution >= 4 is 17.3 Å². The molecule has 8 nitrogen and oxygen atoms in total. The molecule has 2 aromatic heterocycles. The Morgan fingerprint density at radius 2 is 1.83 bits per heavy atom. The second kappa shape index (κ2) is 6.15. The van der Waals surface area contributed by atoms with Gasteiger partial charge in [-0.25, -0.2) is 15.0 Å². The number of rotatable bonds is 3. The maximum atomic E-state index is 10.8. The average molecular weight is 314 g/mol. The lowest BCUT2D eigenvalue weighted by Gasteiger charge is -2.36. The van der Waals surface area contributed by atoms with E-state index in [0.29, 0.717) is 0 Å². The largest absolute Gasteiger partial charge is 0.353 e. The molecule has 3 heterocycles. The van der Waals surface area contributed by atoms with Gasteiger partial charge in [0, 0.05) is 38.4 Å². The summed E-state index contributed by atoms with van der Waals surface area (Å²) in [5.41, 5.74) is 0.854. The first-order valence-electron chi connectivity index (χ1n) is 7.45. The lowest BCUT2D eigenvalue weighted by Crippen LogP contribution is -2.47. The molecular formula is C15H18N6O2. The quantitative estimate of drug-likeness (QED) is 0.629. The van der Waals surface area contributed by atoms with Crippen LogP contribution in [0.25, 0.3) is 0 Å². The summed E-state index contributed by atoms with van der Waals surface area (Å²) in [6, 6.07) is 3.49. The molecule has 0 atom stereocenters. The molecular weight excluding hydrogens is 296 g/mol. The molecule has 0 unspecified atom stereocenters. The van der Waals surface area contributed by atoms with Crippen LogP contribution in [0.3, 0.4) is 0 Å². The van der Waals surface area contributed by atoms with Crippen molar-refractivity contribution in [2.75, 3.05) is 36.0 Å². The maximum absolute atomic E-state index is 10.8. The number of pyridine rings is 1. The predicted molar refractivity (Wildman–Crippen MR) is 86.8 cm³/mol. The van der Waals surface area contributed by atoms with Crippen LogP contribution < -0.4 is 9.80 Å². The summed E-state index contributed by atoms with van der Waals surface area (Å²) in [6.07, 6.45) is 3.09. The number of nitro groups is 1. The molecule has 0 aliphatic carbocycles. The van der Waals surface area contributed by atoms with Crippen molar-refractivity contribution in [1.82, 2.24) is 15.0 Å². The van der Waals surface area contributed by atoms with Gasteiger partial charge in [0.25, 0.3) is 5.69 Å². The summed E-state index contributed by atoms with van der Waals surface area (Å²) in [5.74, 6) is 2.51. The second-order valence-electron chi connectivity index (χ2n) is 5.53. The summed E-state index contributed by atoms with van der Waals surface area (Å²) >= 11 is 0. The normalized spacial score (nSPS) is 14.9. The van der Waals surface area contributed by atoms with Crippen molar-refractivity contribution in [2.45, 2.75) is 13.8 Å². The topological polar surface area (TPSA) is 88.3 Å². The summed E-state index contributed by atoms with van der Waals surface area (Å²) in [4.78, 5) is 27.6. The molecule has 1 aliphatic heterocycles. The number of aryl methyl sites for hydroxylation is 2. The third-order valence-electron chi connectivity index (χ3n) is 3.91. The third kappa shape index (κ3) is 3.20. The van der Waals surface area contributed by atoms with Crippen molar-refractivity contribution in [2.24, 2.45) is 0 Å². The van der Waals surface area contributed by atoms with E-state index in [4.69, 9.17) is 0 Å². The van der Waals surface area contributed by atoms with Crippen LogP contribution in [-0.2, 0) is 0 Å². The third-order valence-corrected chi connectivity index (χ3v) is 3.91. The van der Waals surface area contributed by atoms with Crippen molar-refractivity contribution in [3.8, 4) is 0 Å². The van der Waals surface area contributed by atoms with Crippen LogP contribution in [0.15, 0.2) is 24.5 Å². The number of aromatic nitrogens is 3. The van der Waals surface area contributed by atoms with E-state index < -0.39 is 4.92 Å². The molecule has 1 aliphatic rings. The smallest absolute Gasteiger partial charge is 0.287 e. The number of piperazine rings is 1. The standard InChI is InChI=1S/C15H18N6O2/c1-11-9-13(21(22)23)10-17-15(11)20-7-5-19(6-8-20)14-3-4-16-12(2)18-14/h3-4,9-10H,5-8H2,1-2H3. The SMILES string of the molecule is Cc1nccc(N2CCN(c3ncc([N+](=O)[O-])cc3C)CC2)n1. The summed E-state index contributed by atoms with van der Waals surface area (Å²) in [7, 11) is 0. The fourth-order valence-corrected chi connectivity index (χ4v) is 2.75. The molecule has 0 aromatic carbocycles. The van der Waals surface area contributed by atoms with Crippen LogP contribution in [0.1, 0.15) is 11.4 Å². The Bertz CT molecular complexity index is 728. The Morgan fingerprint density at radius 3 is 2.43 bits per heavy atom. The van der Waals surface area contributed by atoms with Gasteiger partial charge >= 0.3 is 0 Å². The van der Waals surface area contributed by atoms with E-state index in [1.54, 1.807) is 12.3 Å². The van der Waals surface area contributed by atoms with Crippen molar-refractivity contribution in [3.05, 3.63) is 46.0 Å². The van der Waals surface area contributed by atoms with E-state index in [9.17, 15) is 10.1 Å². The molecule has 8 heteroatoms. The van der Waals surface area contributed by atoms with E-state index in [1.165, 1.54) is 6.20 Å². The first-order valence-corrected chi connectivity index (χ1v) is 7.45. The molecule has 0 radical (unpaired) electrons. The molecule has 0 spiro atoms. The van der Waals surface area contributed by atoms with Gasteiger partial charge in [-0.3, -0.25) is 10.1 Å². The molecule has 0 N–H and O–H groups in total. The summed E-state index contributed by atoms with van der Waals surface area (Å²) < 4.78 is 0. The number of hydrogen-bond acceptors (Lipinski definition) is 7. The van der Waals surface area contributed by atoms with Crippen LogP contribution in [0.5, 0.6) is 0 Å². The van der Waals surface area contributed by atoms with Gasteiger partial charge in [0.2, 0.25) is 0 Å². The fourth-order valence-electron chi connectivity index (χ4n) is 2.75. The van der Waals surface area contributed by atoms with E-state index >= 15 is 0 Å². The Morgan fingerprint density at radius 1 is 1.13 bits per heavy atom. The summed E-state index contributed by atoms with van der Waals surface area (Å²) in [6.45, 7) is 6.99. The minimum Gasteiger partial charge on any atom is -0.353 e. The van der Waals surface area contributed by atoms with Gasteiger partial charge in [0.1, 0.15) is 23.7 Å². The van der Waals surface area contributed by atoms with E-state index in [0.717, 1.165) is 49.2 Å². The molecule has 1 fully saturated rings. The zero-order valence-corrected chi connectivity index (χ0v) is 13.1. The van der Waals surface area contributed by atoms with Gasteiger partial charge in [0.05, 0.1) is 4.92 Å². The maximum Gasteiger partial charge on any atom is 0.287 e. The van der Waals surface area contributed by atoms with Gasteiger partial charge < -0.3 is 9.80 Å². The number of nitrogens with zero attached hydrogens (tertiary/aromatic N) is 6. The molecule has 0 saturated carbocycles. The highest BCUT2D eigenvalue weighted by Crippen LogP contribution is 2.23. The molecule has 1 saturated heterocycles. The van der Waals surface area contributed by atoms with Crippen LogP contribution >= 0.6 is 0 Å². The Labute approximate surface area is 134 Å². The number of hydrogen-bond donors (Lipinski definition) is 0. The van der Waals surface area contributed by atoms with Crippen LogP contribution in [0.2, 0.25) is 0 Å². The highest BCUT2D eigenvalue weighted by molar-refractivity contribution is 5.52. The molecule has 23 heavy (non-hydrogen) atoms. The van der Waals surface area contributed by atoms with Crippen molar-refractivity contribution in [3.63, 3.8) is 0 Å². The predicted octanol–water partition coefficient (Wildman–Crippen LogP) is 1.72. The Balaban J connectivity index is 1.70. The minimum absolute atomic E-state index is 0.0290. The van der Waals surface area contributed by atoms with Crippen LogP contribution in [-0.4, -0.2) is 46.1 Å². The first kappa shape index (κ1) is 15.1. The van der Waals surface area contributed by atoms with Crippen molar-refractivity contribution in [1.29, 1.82) is 0 Å². The lowest BCUT2D eigenvalue weighted by atomic mass is 10.2. The molecule has 0 bridgehead atoms. The van der Waals surface area contributed by atoms with Gasteiger partial charge in [-0.05, 0) is 25.5 Å². The number of anilines is 2. The van der Waals surface area contributed by atoms with Crippen LogP contribution in [0, 0.1) is 24.0 Å². The zero-order valence-electron chi connectivity index (χ0n) is 13.1. The average Bonchev–Trinajstić information content (AvgIpc) is 2.55. The highest BCUT2D eigenvalue weighted by atomic mass is 16.6.